The van der Waals surface area contributed by atoms with Gasteiger partial charge in [0.2, 0.25) is 11.5 Å². The maximum absolute atomic E-state index is 14.9. The molecule has 38 heavy (non-hydrogen) atoms. The maximum Gasteiger partial charge on any atom is 0.350 e. The highest BCUT2D eigenvalue weighted by atomic mass is 19.1. The topological polar surface area (TPSA) is 101 Å². The van der Waals surface area contributed by atoms with E-state index in [1.807, 2.05) is 17.6 Å². The first-order valence-electron chi connectivity index (χ1n) is 13.0. The molecule has 0 spiro atoms. The second-order valence-corrected chi connectivity index (χ2v) is 10.7. The standard InChI is InChI=1S/C27H34FN7O3/c1-8-33-21(9-10-29)30-22-24(31-26(36)32(7)25(22)33)35-14-15(2)34(13-16(35)3)17(4)18-11-19(28)23-20(12-18)37-27(5,6)38-23/h11-12,15-17H,8-9,13-14H2,1-7H3/t15-,16+,17?/m1/s1. The van der Waals surface area contributed by atoms with E-state index in [4.69, 9.17) is 14.5 Å². The third-order valence-electron chi connectivity index (χ3n) is 7.61. The molecule has 2 aromatic heterocycles. The van der Waals surface area contributed by atoms with Gasteiger partial charge in [0, 0.05) is 58.7 Å². The number of imidazole rings is 1. The van der Waals surface area contributed by atoms with Crippen molar-refractivity contribution >= 4 is 17.0 Å². The highest BCUT2D eigenvalue weighted by Crippen LogP contribution is 2.44. The van der Waals surface area contributed by atoms with Gasteiger partial charge in [-0.3, -0.25) is 9.47 Å². The second kappa shape index (κ2) is 9.27. The molecular formula is C27H34FN7O3. The van der Waals surface area contributed by atoms with Crippen LogP contribution in [0.2, 0.25) is 0 Å². The first-order valence-corrected chi connectivity index (χ1v) is 13.0. The number of aryl methyl sites for hydroxylation is 2. The number of ether oxygens (including phenoxy) is 2. The summed E-state index contributed by atoms with van der Waals surface area (Å²) in [5.41, 5.74) is 1.74. The minimum Gasteiger partial charge on any atom is -0.449 e. The van der Waals surface area contributed by atoms with Crippen molar-refractivity contribution in [3.8, 4) is 17.6 Å². The fourth-order valence-electron chi connectivity index (χ4n) is 5.74. The van der Waals surface area contributed by atoms with Gasteiger partial charge in [0.25, 0.3) is 0 Å². The molecule has 3 atom stereocenters. The summed E-state index contributed by atoms with van der Waals surface area (Å²) in [5.74, 6) is 0.401. The summed E-state index contributed by atoms with van der Waals surface area (Å²) in [4.78, 5) is 26.5. The molecule has 10 nitrogen and oxygen atoms in total. The summed E-state index contributed by atoms with van der Waals surface area (Å²) in [6.07, 6.45) is 0.149. The number of anilines is 1. The maximum atomic E-state index is 14.9. The van der Waals surface area contributed by atoms with Crippen molar-refractivity contribution in [2.45, 2.75) is 78.4 Å². The van der Waals surface area contributed by atoms with E-state index in [-0.39, 0.29) is 36.0 Å². The van der Waals surface area contributed by atoms with E-state index in [0.717, 1.165) is 5.56 Å². The number of piperazine rings is 1. The van der Waals surface area contributed by atoms with Gasteiger partial charge in [0.05, 0.1) is 12.5 Å². The van der Waals surface area contributed by atoms with Crippen LogP contribution in [0.5, 0.6) is 11.5 Å². The van der Waals surface area contributed by atoms with E-state index in [0.29, 0.717) is 48.2 Å². The van der Waals surface area contributed by atoms with E-state index in [1.54, 1.807) is 20.9 Å². The predicted molar refractivity (Wildman–Crippen MR) is 141 cm³/mol. The van der Waals surface area contributed by atoms with Crippen molar-refractivity contribution in [1.29, 1.82) is 5.26 Å². The third-order valence-corrected chi connectivity index (χ3v) is 7.61. The number of halogens is 1. The minimum absolute atomic E-state index is 0.000408. The Hall–Kier alpha value is -3.65. The summed E-state index contributed by atoms with van der Waals surface area (Å²) < 4.78 is 29.8. The zero-order chi connectivity index (χ0) is 27.5. The van der Waals surface area contributed by atoms with Crippen molar-refractivity contribution in [2.24, 2.45) is 7.05 Å². The molecule has 5 rings (SSSR count). The highest BCUT2D eigenvalue weighted by molar-refractivity contribution is 5.84. The molecule has 2 aliphatic heterocycles. The van der Waals surface area contributed by atoms with Crippen LogP contribution >= 0.6 is 0 Å². The van der Waals surface area contributed by atoms with Crippen LogP contribution in [0.1, 0.15) is 59.0 Å². The molecule has 202 valence electrons. The lowest BCUT2D eigenvalue weighted by Crippen LogP contribution is -2.57. The van der Waals surface area contributed by atoms with Gasteiger partial charge in [-0.1, -0.05) is 0 Å². The quantitative estimate of drug-likeness (QED) is 0.501. The Labute approximate surface area is 221 Å². The molecule has 0 aliphatic carbocycles. The van der Waals surface area contributed by atoms with Gasteiger partial charge in [-0.2, -0.15) is 10.2 Å². The summed E-state index contributed by atoms with van der Waals surface area (Å²) >= 11 is 0. The number of aromatic nitrogens is 4. The summed E-state index contributed by atoms with van der Waals surface area (Å²) in [6.45, 7) is 13.6. The molecule has 0 N–H and O–H groups in total. The Morgan fingerprint density at radius 3 is 2.63 bits per heavy atom. The minimum atomic E-state index is -0.901. The molecule has 0 bridgehead atoms. The van der Waals surface area contributed by atoms with Crippen molar-refractivity contribution in [3.63, 3.8) is 0 Å². The average molecular weight is 524 g/mol. The van der Waals surface area contributed by atoms with E-state index < -0.39 is 11.6 Å². The number of fused-ring (bicyclic) bond motifs is 2. The lowest BCUT2D eigenvalue weighted by atomic mass is 10.00. The Kier molecular flexibility index (Phi) is 6.34. The summed E-state index contributed by atoms with van der Waals surface area (Å²) in [7, 11) is 1.68. The van der Waals surface area contributed by atoms with Gasteiger partial charge in [-0.25, -0.2) is 14.2 Å². The van der Waals surface area contributed by atoms with Gasteiger partial charge in [-0.05, 0) is 45.4 Å². The smallest absolute Gasteiger partial charge is 0.350 e. The number of benzene rings is 1. The number of hydrogen-bond donors (Lipinski definition) is 0. The van der Waals surface area contributed by atoms with Gasteiger partial charge in [-0.15, -0.1) is 0 Å². The monoisotopic (exact) mass is 523 g/mol. The molecule has 3 aromatic rings. The highest BCUT2D eigenvalue weighted by Gasteiger charge is 2.38. The van der Waals surface area contributed by atoms with Crippen LogP contribution in [0.15, 0.2) is 16.9 Å². The molecule has 0 radical (unpaired) electrons. The zero-order valence-corrected chi connectivity index (χ0v) is 22.9. The summed E-state index contributed by atoms with van der Waals surface area (Å²) in [5, 5.41) is 9.31. The molecule has 0 saturated carbocycles. The molecule has 4 heterocycles. The van der Waals surface area contributed by atoms with Crippen LogP contribution in [0, 0.1) is 17.1 Å². The molecule has 0 amide bonds. The van der Waals surface area contributed by atoms with Crippen LogP contribution in [0.3, 0.4) is 0 Å². The fraction of sp³-hybridized carbons (Fsp3) is 0.556. The van der Waals surface area contributed by atoms with Crippen LogP contribution in [-0.2, 0) is 20.0 Å². The number of nitrogens with zero attached hydrogens (tertiary/aromatic N) is 7. The largest absolute Gasteiger partial charge is 0.449 e. The Balaban J connectivity index is 1.47. The first-order chi connectivity index (χ1) is 18.0. The Morgan fingerprint density at radius 1 is 1.21 bits per heavy atom. The number of nitriles is 1. The van der Waals surface area contributed by atoms with Crippen LogP contribution in [0.25, 0.3) is 11.2 Å². The molecule has 11 heteroatoms. The van der Waals surface area contributed by atoms with Crippen molar-refractivity contribution in [3.05, 3.63) is 39.8 Å². The first kappa shape index (κ1) is 26.0. The third kappa shape index (κ3) is 4.17. The molecule has 1 unspecified atom stereocenters. The van der Waals surface area contributed by atoms with Gasteiger partial charge in [0.1, 0.15) is 17.0 Å². The average Bonchev–Trinajstić information content (AvgIpc) is 3.38. The normalized spacial score (nSPS) is 21.6. The SMILES string of the molecule is CCn1c(CC#N)nc2c(N3C[C@@H](C)N(C(C)c4cc(F)c5c(c4)OC(C)(C)O5)C[C@@H]3C)nc(=O)n(C)c21. The van der Waals surface area contributed by atoms with E-state index in [9.17, 15) is 14.4 Å². The van der Waals surface area contributed by atoms with Gasteiger partial charge in [0.15, 0.2) is 17.4 Å². The molecule has 1 fully saturated rings. The molecule has 1 saturated heterocycles. The lowest BCUT2D eigenvalue weighted by Gasteiger charge is -2.47. The fourth-order valence-corrected chi connectivity index (χ4v) is 5.74. The van der Waals surface area contributed by atoms with E-state index in [2.05, 4.69) is 41.6 Å². The van der Waals surface area contributed by atoms with Gasteiger partial charge >= 0.3 is 5.69 Å². The zero-order valence-electron chi connectivity index (χ0n) is 22.9. The Morgan fingerprint density at radius 2 is 1.95 bits per heavy atom. The van der Waals surface area contributed by atoms with Crippen LogP contribution < -0.4 is 20.1 Å². The molecular weight excluding hydrogens is 489 g/mol. The number of hydrogen-bond acceptors (Lipinski definition) is 8. The van der Waals surface area contributed by atoms with Crippen molar-refractivity contribution in [1.82, 2.24) is 24.0 Å². The molecule has 2 aliphatic rings. The molecule has 1 aromatic carbocycles. The van der Waals surface area contributed by atoms with Crippen LogP contribution in [0.4, 0.5) is 10.2 Å². The number of rotatable bonds is 5. The second-order valence-electron chi connectivity index (χ2n) is 10.7. The van der Waals surface area contributed by atoms with Crippen molar-refractivity contribution < 1.29 is 13.9 Å². The predicted octanol–water partition coefficient (Wildman–Crippen LogP) is 3.52. The lowest BCUT2D eigenvalue weighted by molar-refractivity contribution is -0.0445. The Bertz CT molecular complexity index is 1510. The summed E-state index contributed by atoms with van der Waals surface area (Å²) in [6, 6.07) is 5.55. The van der Waals surface area contributed by atoms with E-state index in [1.165, 1.54) is 10.6 Å². The van der Waals surface area contributed by atoms with E-state index >= 15 is 0 Å². The van der Waals surface area contributed by atoms with Gasteiger partial charge < -0.3 is 18.9 Å². The van der Waals surface area contributed by atoms with Crippen LogP contribution in [-0.4, -0.2) is 55.0 Å². The van der Waals surface area contributed by atoms with Crippen molar-refractivity contribution in [2.75, 3.05) is 18.0 Å².